The van der Waals surface area contributed by atoms with Crippen molar-refractivity contribution < 1.29 is 23.0 Å². The molecule has 2 aromatic rings. The molecule has 0 aliphatic heterocycles. The molecule has 0 saturated carbocycles. The van der Waals surface area contributed by atoms with Crippen molar-refractivity contribution in [2.24, 2.45) is 0 Å². The molecular weight excluding hydrogens is 378 g/mol. The van der Waals surface area contributed by atoms with Crippen molar-refractivity contribution >= 4 is 5.91 Å². The summed E-state index contributed by atoms with van der Waals surface area (Å²) in [5.74, 6) is 0.0414. The number of hydrogen-bond donors (Lipinski definition) is 0. The molecule has 158 valence electrons. The normalized spacial score (nSPS) is 11.0. The number of alkyl halides is 2. The Morgan fingerprint density at radius 3 is 2.14 bits per heavy atom. The molecule has 0 atom stereocenters. The third kappa shape index (κ3) is 6.42. The molecule has 0 aliphatic carbocycles. The number of amides is 1. The highest BCUT2D eigenvalue weighted by Gasteiger charge is 2.15. The van der Waals surface area contributed by atoms with Gasteiger partial charge in [-0.1, -0.05) is 32.0 Å². The third-order valence-electron chi connectivity index (χ3n) is 4.71. The lowest BCUT2D eigenvalue weighted by Crippen LogP contribution is -2.26. The molecule has 0 heterocycles. The summed E-state index contributed by atoms with van der Waals surface area (Å²) in [4.78, 5) is 16.6. The second kappa shape index (κ2) is 10.8. The van der Waals surface area contributed by atoms with Crippen LogP contribution in [0.3, 0.4) is 0 Å². The number of carbonyl (C=O) groups excluding carboxylic acids is 1. The Balaban J connectivity index is 2.05. The zero-order chi connectivity index (χ0) is 21.4. The summed E-state index contributed by atoms with van der Waals surface area (Å²) in [6.07, 6.45) is 0. The van der Waals surface area contributed by atoms with Crippen molar-refractivity contribution in [1.29, 1.82) is 0 Å². The number of benzene rings is 2. The smallest absolute Gasteiger partial charge is 0.387 e. The number of nitrogens with zero attached hydrogens (tertiary/aromatic N) is 2. The van der Waals surface area contributed by atoms with Gasteiger partial charge in [0.1, 0.15) is 0 Å². The van der Waals surface area contributed by atoms with E-state index in [0.29, 0.717) is 12.1 Å². The minimum atomic E-state index is -2.93. The molecule has 1 amide bonds. The van der Waals surface area contributed by atoms with Crippen LogP contribution in [-0.2, 0) is 13.1 Å². The Labute approximate surface area is 170 Å². The second-order valence-electron chi connectivity index (χ2n) is 6.68. The maximum absolute atomic E-state index is 12.7. The Morgan fingerprint density at radius 1 is 0.966 bits per heavy atom. The first kappa shape index (κ1) is 22.6. The Morgan fingerprint density at radius 2 is 1.59 bits per heavy atom. The summed E-state index contributed by atoms with van der Waals surface area (Å²) in [5, 5.41) is 0. The van der Waals surface area contributed by atoms with E-state index in [-0.39, 0.29) is 17.4 Å². The Kier molecular flexibility index (Phi) is 8.39. The average Bonchev–Trinajstić information content (AvgIpc) is 2.72. The van der Waals surface area contributed by atoms with Gasteiger partial charge in [-0.05, 0) is 48.5 Å². The molecule has 0 fully saturated rings. The highest BCUT2D eigenvalue weighted by Crippen LogP contribution is 2.30. The molecule has 0 spiro atoms. The zero-order valence-electron chi connectivity index (χ0n) is 17.3. The second-order valence-corrected chi connectivity index (χ2v) is 6.68. The van der Waals surface area contributed by atoms with Gasteiger partial charge in [-0.25, -0.2) is 0 Å². The van der Waals surface area contributed by atoms with Crippen molar-refractivity contribution in [3.8, 4) is 11.5 Å². The number of rotatable bonds is 10. The molecule has 5 nitrogen and oxygen atoms in total. The maximum atomic E-state index is 12.7. The third-order valence-corrected chi connectivity index (χ3v) is 4.71. The molecular formula is C22H28F2N2O3. The molecule has 0 aliphatic rings. The average molecular weight is 406 g/mol. The monoisotopic (exact) mass is 406 g/mol. The lowest BCUT2D eigenvalue weighted by atomic mass is 10.1. The van der Waals surface area contributed by atoms with Gasteiger partial charge in [0.25, 0.3) is 5.91 Å². The van der Waals surface area contributed by atoms with Crippen LogP contribution < -0.4 is 9.47 Å². The first-order valence-corrected chi connectivity index (χ1v) is 9.56. The van der Waals surface area contributed by atoms with Crippen LogP contribution in [0.4, 0.5) is 8.78 Å². The molecule has 29 heavy (non-hydrogen) atoms. The van der Waals surface area contributed by atoms with E-state index < -0.39 is 6.61 Å². The summed E-state index contributed by atoms with van der Waals surface area (Å²) >= 11 is 0. The van der Waals surface area contributed by atoms with Crippen molar-refractivity contribution in [1.82, 2.24) is 9.80 Å². The number of halogens is 2. The lowest BCUT2D eigenvalue weighted by Gasteiger charge is -2.20. The summed E-state index contributed by atoms with van der Waals surface area (Å²) < 4.78 is 34.4. The predicted molar refractivity (Wildman–Crippen MR) is 108 cm³/mol. The number of carbonyl (C=O) groups is 1. The fraction of sp³-hybridized carbons (Fsp3) is 0.409. The predicted octanol–water partition coefficient (Wildman–Crippen LogP) is 4.41. The summed E-state index contributed by atoms with van der Waals surface area (Å²) in [5.41, 5.74) is 2.50. The molecule has 2 aromatic carbocycles. The van der Waals surface area contributed by atoms with Crippen LogP contribution in [-0.4, -0.2) is 49.6 Å². The van der Waals surface area contributed by atoms with Gasteiger partial charge in [0.05, 0.1) is 7.11 Å². The standard InChI is InChI=1S/C22H28F2N2O3/c1-5-26(6-2)15-16-7-10-18(11-8-16)21(27)25(3)14-17-9-12-19(29-22(23)24)20(13-17)28-4/h7-13,22H,5-6,14-15H2,1-4H3. The van der Waals surface area contributed by atoms with E-state index in [0.717, 1.165) is 30.8 Å². The van der Waals surface area contributed by atoms with Crippen molar-refractivity contribution in [2.45, 2.75) is 33.5 Å². The summed E-state index contributed by atoms with van der Waals surface area (Å²) in [6.45, 7) is 4.43. The molecule has 0 bridgehead atoms. The summed E-state index contributed by atoms with van der Waals surface area (Å²) in [6, 6.07) is 12.2. The SMILES string of the molecule is CCN(CC)Cc1ccc(C(=O)N(C)Cc2ccc(OC(F)F)c(OC)c2)cc1. The van der Waals surface area contributed by atoms with Crippen molar-refractivity contribution in [2.75, 3.05) is 27.2 Å². The number of hydrogen-bond acceptors (Lipinski definition) is 4. The molecule has 0 radical (unpaired) electrons. The highest BCUT2D eigenvalue weighted by atomic mass is 19.3. The van der Waals surface area contributed by atoms with E-state index in [1.807, 2.05) is 24.3 Å². The molecule has 0 aromatic heterocycles. The molecule has 7 heteroatoms. The first-order valence-electron chi connectivity index (χ1n) is 9.56. The van der Waals surface area contributed by atoms with Crippen LogP contribution in [0, 0.1) is 0 Å². The van der Waals surface area contributed by atoms with E-state index in [9.17, 15) is 13.6 Å². The van der Waals surface area contributed by atoms with Gasteiger partial charge >= 0.3 is 6.61 Å². The van der Waals surface area contributed by atoms with E-state index in [2.05, 4.69) is 23.5 Å². The van der Waals surface area contributed by atoms with Gasteiger partial charge in [0.15, 0.2) is 11.5 Å². The molecule has 0 N–H and O–H groups in total. The van der Waals surface area contributed by atoms with E-state index in [1.165, 1.54) is 13.2 Å². The topological polar surface area (TPSA) is 42.0 Å². The maximum Gasteiger partial charge on any atom is 0.387 e. The number of ether oxygens (including phenoxy) is 2. The quantitative estimate of drug-likeness (QED) is 0.586. The minimum absolute atomic E-state index is 0.0379. The Hall–Kier alpha value is -2.67. The van der Waals surface area contributed by atoms with Gasteiger partial charge in [-0.2, -0.15) is 8.78 Å². The van der Waals surface area contributed by atoms with Crippen LogP contribution >= 0.6 is 0 Å². The highest BCUT2D eigenvalue weighted by molar-refractivity contribution is 5.94. The van der Waals surface area contributed by atoms with Crippen LogP contribution in [0.1, 0.15) is 35.3 Å². The zero-order valence-corrected chi connectivity index (χ0v) is 17.3. The van der Waals surface area contributed by atoms with Crippen LogP contribution in [0.2, 0.25) is 0 Å². The molecule has 2 rings (SSSR count). The van der Waals surface area contributed by atoms with Crippen LogP contribution in [0.15, 0.2) is 42.5 Å². The Bertz CT molecular complexity index is 793. The van der Waals surface area contributed by atoms with Crippen LogP contribution in [0.5, 0.6) is 11.5 Å². The fourth-order valence-corrected chi connectivity index (χ4v) is 3.03. The minimum Gasteiger partial charge on any atom is -0.493 e. The van der Waals surface area contributed by atoms with Gasteiger partial charge < -0.3 is 14.4 Å². The lowest BCUT2D eigenvalue weighted by molar-refractivity contribution is -0.0512. The van der Waals surface area contributed by atoms with Gasteiger partial charge in [0.2, 0.25) is 0 Å². The van der Waals surface area contributed by atoms with Gasteiger partial charge in [0, 0.05) is 25.7 Å². The molecule has 0 unspecified atom stereocenters. The largest absolute Gasteiger partial charge is 0.493 e. The van der Waals surface area contributed by atoms with Gasteiger partial charge in [-0.3, -0.25) is 9.69 Å². The van der Waals surface area contributed by atoms with Gasteiger partial charge in [-0.15, -0.1) is 0 Å². The first-order chi connectivity index (χ1) is 13.9. The number of methoxy groups -OCH3 is 1. The van der Waals surface area contributed by atoms with Crippen molar-refractivity contribution in [3.05, 3.63) is 59.2 Å². The van der Waals surface area contributed by atoms with E-state index in [1.54, 1.807) is 24.1 Å². The molecule has 0 saturated heterocycles. The fourth-order valence-electron chi connectivity index (χ4n) is 3.03. The van der Waals surface area contributed by atoms with Crippen LogP contribution in [0.25, 0.3) is 0 Å². The summed E-state index contributed by atoms with van der Waals surface area (Å²) in [7, 11) is 3.08. The van der Waals surface area contributed by atoms with Crippen molar-refractivity contribution in [3.63, 3.8) is 0 Å². The van der Waals surface area contributed by atoms with E-state index >= 15 is 0 Å². The van der Waals surface area contributed by atoms with E-state index in [4.69, 9.17) is 4.74 Å².